The molecule has 0 aromatic heterocycles. The zero-order chi connectivity index (χ0) is 10.6. The van der Waals surface area contributed by atoms with Gasteiger partial charge in [0.25, 0.3) is 0 Å². The first-order chi connectivity index (χ1) is 6.64. The molecule has 1 aliphatic rings. The van der Waals surface area contributed by atoms with Gasteiger partial charge in [0.1, 0.15) is 6.10 Å². The Bertz CT molecular complexity index is 196. The van der Waals surface area contributed by atoms with Crippen molar-refractivity contribution in [1.82, 2.24) is 0 Å². The molecule has 0 heterocycles. The van der Waals surface area contributed by atoms with Crippen LogP contribution in [0.2, 0.25) is 0 Å². The summed E-state index contributed by atoms with van der Waals surface area (Å²) in [6.45, 7) is 2.65. The van der Waals surface area contributed by atoms with Gasteiger partial charge in [0.2, 0.25) is 0 Å². The molecule has 0 spiro atoms. The summed E-state index contributed by atoms with van der Waals surface area (Å²) >= 11 is 0. The predicted molar refractivity (Wildman–Crippen MR) is 52.8 cm³/mol. The molecule has 0 aromatic rings. The van der Waals surface area contributed by atoms with E-state index in [-0.39, 0.29) is 17.5 Å². The van der Waals surface area contributed by atoms with Gasteiger partial charge in [0.05, 0.1) is 12.0 Å². The quantitative estimate of drug-likeness (QED) is 0.665. The highest BCUT2D eigenvalue weighted by atomic mass is 16.6. The molecule has 1 unspecified atom stereocenters. The summed E-state index contributed by atoms with van der Waals surface area (Å²) in [6, 6.07) is 0. The van der Waals surface area contributed by atoms with Crippen molar-refractivity contribution in [2.45, 2.75) is 32.3 Å². The molecule has 0 radical (unpaired) electrons. The molecule has 4 nitrogen and oxygen atoms in total. The average molecular weight is 201 g/mol. The van der Waals surface area contributed by atoms with E-state index >= 15 is 0 Å². The van der Waals surface area contributed by atoms with E-state index in [9.17, 15) is 4.79 Å². The van der Waals surface area contributed by atoms with E-state index in [2.05, 4.69) is 0 Å². The Kier molecular flexibility index (Phi) is 3.89. The molecule has 82 valence electrons. The van der Waals surface area contributed by atoms with Crippen molar-refractivity contribution in [3.8, 4) is 0 Å². The lowest BCUT2D eigenvalue weighted by Gasteiger charge is -2.38. The second-order valence-electron chi connectivity index (χ2n) is 4.01. The van der Waals surface area contributed by atoms with Crippen molar-refractivity contribution >= 4 is 5.97 Å². The van der Waals surface area contributed by atoms with Crippen LogP contribution in [0.4, 0.5) is 0 Å². The number of nitrogens with two attached hydrogens (primary N) is 1. The van der Waals surface area contributed by atoms with Gasteiger partial charge in [0.15, 0.2) is 0 Å². The van der Waals surface area contributed by atoms with Crippen molar-refractivity contribution < 1.29 is 14.3 Å². The molecule has 1 rings (SSSR count). The second-order valence-corrected chi connectivity index (χ2v) is 4.01. The fraction of sp³-hybridized carbons (Fsp3) is 0.900. The van der Waals surface area contributed by atoms with Gasteiger partial charge in [-0.3, -0.25) is 4.79 Å². The number of hydrogen-bond acceptors (Lipinski definition) is 4. The number of hydrogen-bond donors (Lipinski definition) is 1. The molecule has 0 amide bonds. The van der Waals surface area contributed by atoms with Crippen molar-refractivity contribution in [3.05, 3.63) is 0 Å². The zero-order valence-corrected chi connectivity index (χ0v) is 8.91. The van der Waals surface area contributed by atoms with E-state index in [4.69, 9.17) is 15.2 Å². The molecule has 0 aromatic carbocycles. The van der Waals surface area contributed by atoms with E-state index < -0.39 is 0 Å². The normalized spacial score (nSPS) is 21.1. The SMILES string of the molecule is COCC(C)OC(=O)C1(CN)CCC1. The third kappa shape index (κ3) is 2.25. The summed E-state index contributed by atoms with van der Waals surface area (Å²) in [5, 5.41) is 0. The van der Waals surface area contributed by atoms with E-state index in [1.165, 1.54) is 0 Å². The number of rotatable bonds is 5. The lowest BCUT2D eigenvalue weighted by Crippen LogP contribution is -2.46. The summed E-state index contributed by atoms with van der Waals surface area (Å²) in [5.41, 5.74) is 5.20. The van der Waals surface area contributed by atoms with Gasteiger partial charge >= 0.3 is 5.97 Å². The van der Waals surface area contributed by atoms with Crippen LogP contribution in [-0.2, 0) is 14.3 Å². The number of esters is 1. The van der Waals surface area contributed by atoms with Crippen LogP contribution in [0.25, 0.3) is 0 Å². The van der Waals surface area contributed by atoms with Crippen LogP contribution < -0.4 is 5.73 Å². The third-order valence-electron chi connectivity index (χ3n) is 2.84. The van der Waals surface area contributed by atoms with Crippen LogP contribution in [0.5, 0.6) is 0 Å². The summed E-state index contributed by atoms with van der Waals surface area (Å²) < 4.78 is 10.1. The first kappa shape index (κ1) is 11.5. The van der Waals surface area contributed by atoms with Crippen LogP contribution in [0.1, 0.15) is 26.2 Å². The fourth-order valence-corrected chi connectivity index (χ4v) is 1.67. The first-order valence-corrected chi connectivity index (χ1v) is 5.05. The lowest BCUT2D eigenvalue weighted by molar-refractivity contribution is -0.167. The molecule has 1 aliphatic carbocycles. The zero-order valence-electron chi connectivity index (χ0n) is 8.91. The minimum Gasteiger partial charge on any atom is -0.460 e. The van der Waals surface area contributed by atoms with Gasteiger partial charge < -0.3 is 15.2 Å². The van der Waals surface area contributed by atoms with Crippen molar-refractivity contribution in [2.75, 3.05) is 20.3 Å². The highest BCUT2D eigenvalue weighted by Crippen LogP contribution is 2.41. The molecular formula is C10H19NO3. The highest BCUT2D eigenvalue weighted by molar-refractivity contribution is 5.78. The number of ether oxygens (including phenoxy) is 2. The summed E-state index contributed by atoms with van der Waals surface area (Å²) in [4.78, 5) is 11.7. The van der Waals surface area contributed by atoms with Crippen LogP contribution in [0.3, 0.4) is 0 Å². The second kappa shape index (κ2) is 4.75. The maximum Gasteiger partial charge on any atom is 0.313 e. The highest BCUT2D eigenvalue weighted by Gasteiger charge is 2.44. The van der Waals surface area contributed by atoms with E-state index in [1.54, 1.807) is 7.11 Å². The van der Waals surface area contributed by atoms with Crippen molar-refractivity contribution in [3.63, 3.8) is 0 Å². The monoisotopic (exact) mass is 201 g/mol. The molecule has 2 N–H and O–H groups in total. The largest absolute Gasteiger partial charge is 0.460 e. The summed E-state index contributed by atoms with van der Waals surface area (Å²) in [7, 11) is 1.59. The molecule has 4 heteroatoms. The summed E-state index contributed by atoms with van der Waals surface area (Å²) in [6.07, 6.45) is 2.62. The average Bonchev–Trinajstić information content (AvgIpc) is 2.03. The van der Waals surface area contributed by atoms with Gasteiger partial charge in [-0.15, -0.1) is 0 Å². The van der Waals surface area contributed by atoms with Gasteiger partial charge in [-0.05, 0) is 19.8 Å². The van der Waals surface area contributed by atoms with E-state index in [1.807, 2.05) is 6.92 Å². The maximum absolute atomic E-state index is 11.7. The van der Waals surface area contributed by atoms with Gasteiger partial charge in [-0.2, -0.15) is 0 Å². The number of carbonyl (C=O) groups is 1. The van der Waals surface area contributed by atoms with E-state index in [0.29, 0.717) is 13.2 Å². The number of carbonyl (C=O) groups excluding carboxylic acids is 1. The molecule has 0 aliphatic heterocycles. The Hall–Kier alpha value is -0.610. The Morgan fingerprint density at radius 2 is 2.21 bits per heavy atom. The van der Waals surface area contributed by atoms with Gasteiger partial charge in [-0.25, -0.2) is 0 Å². The predicted octanol–water partition coefficient (Wildman–Crippen LogP) is 0.694. The Morgan fingerprint density at radius 1 is 1.57 bits per heavy atom. The topological polar surface area (TPSA) is 61.5 Å². The van der Waals surface area contributed by atoms with Crippen molar-refractivity contribution in [1.29, 1.82) is 0 Å². The fourth-order valence-electron chi connectivity index (χ4n) is 1.67. The molecule has 14 heavy (non-hydrogen) atoms. The molecule has 0 saturated heterocycles. The lowest BCUT2D eigenvalue weighted by atomic mass is 9.69. The molecule has 1 fully saturated rings. The molecular weight excluding hydrogens is 182 g/mol. The minimum atomic E-state index is -0.387. The summed E-state index contributed by atoms with van der Waals surface area (Å²) in [5.74, 6) is -0.157. The smallest absolute Gasteiger partial charge is 0.313 e. The maximum atomic E-state index is 11.7. The number of methoxy groups -OCH3 is 1. The van der Waals surface area contributed by atoms with E-state index in [0.717, 1.165) is 19.3 Å². The van der Waals surface area contributed by atoms with Crippen LogP contribution in [0, 0.1) is 5.41 Å². The third-order valence-corrected chi connectivity index (χ3v) is 2.84. The molecule has 1 atom stereocenters. The van der Waals surface area contributed by atoms with Crippen molar-refractivity contribution in [2.24, 2.45) is 11.1 Å². The Balaban J connectivity index is 2.40. The van der Waals surface area contributed by atoms with Gasteiger partial charge in [0, 0.05) is 13.7 Å². The molecule has 1 saturated carbocycles. The Labute approximate surface area is 84.7 Å². The molecule has 0 bridgehead atoms. The van der Waals surface area contributed by atoms with Gasteiger partial charge in [-0.1, -0.05) is 6.42 Å². The first-order valence-electron chi connectivity index (χ1n) is 5.05. The van der Waals surface area contributed by atoms with Crippen LogP contribution >= 0.6 is 0 Å². The standard InChI is InChI=1S/C10H19NO3/c1-8(6-13-2)14-9(12)10(7-11)4-3-5-10/h8H,3-7,11H2,1-2H3. The minimum absolute atomic E-state index is 0.157. The van der Waals surface area contributed by atoms with Crippen LogP contribution in [-0.4, -0.2) is 32.3 Å². The Morgan fingerprint density at radius 3 is 2.57 bits per heavy atom. The van der Waals surface area contributed by atoms with Crippen LogP contribution in [0.15, 0.2) is 0 Å².